The molecule has 0 aliphatic carbocycles. The van der Waals surface area contributed by atoms with E-state index in [-0.39, 0.29) is 6.04 Å². The standard InChI is InChI=1S/C15H14Cl3N3/c16-11-3-1-10(2-4-11)14-9-19-5-6-21(14)15-13(18)7-12(17)8-20-15/h1-4,7-8,14,19H,5-6,9H2/t14-/m0/s1. The summed E-state index contributed by atoms with van der Waals surface area (Å²) in [5.74, 6) is 0.766. The first-order chi connectivity index (χ1) is 10.1. The molecule has 0 saturated carbocycles. The van der Waals surface area contributed by atoms with Gasteiger partial charge >= 0.3 is 0 Å². The van der Waals surface area contributed by atoms with Gasteiger partial charge in [0.1, 0.15) is 5.82 Å². The fourth-order valence-corrected chi connectivity index (χ4v) is 3.17. The van der Waals surface area contributed by atoms with E-state index in [4.69, 9.17) is 34.8 Å². The van der Waals surface area contributed by atoms with Crippen LogP contribution in [-0.4, -0.2) is 24.6 Å². The highest BCUT2D eigenvalue weighted by molar-refractivity contribution is 6.36. The summed E-state index contributed by atoms with van der Waals surface area (Å²) in [7, 11) is 0. The number of anilines is 1. The lowest BCUT2D eigenvalue weighted by atomic mass is 10.0. The van der Waals surface area contributed by atoms with Crippen molar-refractivity contribution >= 4 is 40.6 Å². The summed E-state index contributed by atoms with van der Waals surface area (Å²) in [4.78, 5) is 6.61. The van der Waals surface area contributed by atoms with E-state index < -0.39 is 0 Å². The number of hydrogen-bond donors (Lipinski definition) is 1. The molecule has 110 valence electrons. The second-order valence-electron chi connectivity index (χ2n) is 4.92. The Balaban J connectivity index is 1.96. The molecule has 0 unspecified atom stereocenters. The van der Waals surface area contributed by atoms with E-state index in [2.05, 4.69) is 15.2 Å². The van der Waals surface area contributed by atoms with Crippen LogP contribution in [0.1, 0.15) is 11.6 Å². The molecule has 3 nitrogen and oxygen atoms in total. The van der Waals surface area contributed by atoms with Crippen molar-refractivity contribution in [2.24, 2.45) is 0 Å². The Morgan fingerprint density at radius 3 is 2.57 bits per heavy atom. The number of pyridine rings is 1. The Bertz CT molecular complexity index is 631. The van der Waals surface area contributed by atoms with Crippen LogP contribution in [-0.2, 0) is 0 Å². The van der Waals surface area contributed by atoms with Gasteiger partial charge in [0.25, 0.3) is 0 Å². The molecule has 2 aromatic rings. The molecule has 0 spiro atoms. The van der Waals surface area contributed by atoms with Crippen LogP contribution >= 0.6 is 34.8 Å². The maximum Gasteiger partial charge on any atom is 0.148 e. The van der Waals surface area contributed by atoms with Gasteiger partial charge in [-0.2, -0.15) is 0 Å². The number of benzene rings is 1. The number of halogens is 3. The van der Waals surface area contributed by atoms with E-state index in [0.717, 1.165) is 30.5 Å². The summed E-state index contributed by atoms with van der Waals surface area (Å²) in [5, 5.41) is 5.26. The van der Waals surface area contributed by atoms with Crippen LogP contribution in [0, 0.1) is 0 Å². The van der Waals surface area contributed by atoms with Crippen LogP contribution in [0.5, 0.6) is 0 Å². The van der Waals surface area contributed by atoms with Crippen LogP contribution in [0.3, 0.4) is 0 Å². The van der Waals surface area contributed by atoms with Crippen LogP contribution < -0.4 is 10.2 Å². The number of rotatable bonds is 2. The van der Waals surface area contributed by atoms with E-state index in [9.17, 15) is 0 Å². The van der Waals surface area contributed by atoms with Gasteiger partial charge in [0.15, 0.2) is 0 Å². The number of hydrogen-bond acceptors (Lipinski definition) is 3. The van der Waals surface area contributed by atoms with E-state index in [1.807, 2.05) is 24.3 Å². The number of nitrogens with zero attached hydrogens (tertiary/aromatic N) is 2. The molecule has 1 aliphatic rings. The summed E-state index contributed by atoms with van der Waals surface area (Å²) in [6, 6.07) is 9.78. The van der Waals surface area contributed by atoms with Crippen LogP contribution in [0.4, 0.5) is 5.82 Å². The van der Waals surface area contributed by atoms with E-state index >= 15 is 0 Å². The highest BCUT2D eigenvalue weighted by Gasteiger charge is 2.26. The molecule has 1 atom stereocenters. The van der Waals surface area contributed by atoms with Gasteiger partial charge in [-0.25, -0.2) is 4.98 Å². The second-order valence-corrected chi connectivity index (χ2v) is 6.20. The fourth-order valence-electron chi connectivity index (χ4n) is 2.56. The van der Waals surface area contributed by atoms with Gasteiger partial charge in [0, 0.05) is 30.9 Å². The molecule has 21 heavy (non-hydrogen) atoms. The average Bonchev–Trinajstić information content (AvgIpc) is 2.48. The minimum Gasteiger partial charge on any atom is -0.346 e. The van der Waals surface area contributed by atoms with E-state index in [1.54, 1.807) is 12.3 Å². The Labute approximate surface area is 138 Å². The molecule has 0 bridgehead atoms. The zero-order valence-electron chi connectivity index (χ0n) is 11.2. The molecule has 3 rings (SSSR count). The Kier molecular flexibility index (Phi) is 4.55. The highest BCUT2D eigenvalue weighted by Crippen LogP contribution is 2.33. The maximum atomic E-state index is 6.31. The van der Waals surface area contributed by atoms with Crippen LogP contribution in [0.15, 0.2) is 36.5 Å². The maximum absolute atomic E-state index is 6.31. The fraction of sp³-hybridized carbons (Fsp3) is 0.267. The van der Waals surface area contributed by atoms with Crippen molar-refractivity contribution in [2.45, 2.75) is 6.04 Å². The topological polar surface area (TPSA) is 28.2 Å². The number of aromatic nitrogens is 1. The van der Waals surface area contributed by atoms with Crippen molar-refractivity contribution in [3.05, 3.63) is 57.2 Å². The number of piperazine rings is 1. The monoisotopic (exact) mass is 341 g/mol. The molecule has 1 saturated heterocycles. The summed E-state index contributed by atoms with van der Waals surface area (Å²) in [6.07, 6.45) is 1.63. The summed E-state index contributed by atoms with van der Waals surface area (Å²) < 4.78 is 0. The van der Waals surface area contributed by atoms with Crippen molar-refractivity contribution in [3.8, 4) is 0 Å². The van der Waals surface area contributed by atoms with Crippen molar-refractivity contribution in [1.82, 2.24) is 10.3 Å². The molecule has 0 radical (unpaired) electrons. The summed E-state index contributed by atoms with van der Waals surface area (Å²) in [6.45, 7) is 2.56. The lowest BCUT2D eigenvalue weighted by Gasteiger charge is -2.37. The van der Waals surface area contributed by atoms with Gasteiger partial charge in [-0.1, -0.05) is 46.9 Å². The third-order valence-corrected chi connectivity index (χ3v) is 4.30. The first kappa shape index (κ1) is 14.9. The molecule has 1 N–H and O–H groups in total. The van der Waals surface area contributed by atoms with Gasteiger partial charge in [-0.05, 0) is 23.8 Å². The highest BCUT2D eigenvalue weighted by atomic mass is 35.5. The van der Waals surface area contributed by atoms with Gasteiger partial charge < -0.3 is 10.2 Å². The minimum atomic E-state index is 0.169. The Morgan fingerprint density at radius 2 is 1.86 bits per heavy atom. The van der Waals surface area contributed by atoms with Crippen molar-refractivity contribution in [2.75, 3.05) is 24.5 Å². The smallest absolute Gasteiger partial charge is 0.148 e. The quantitative estimate of drug-likeness (QED) is 0.887. The lowest BCUT2D eigenvalue weighted by Crippen LogP contribution is -2.46. The van der Waals surface area contributed by atoms with Crippen LogP contribution in [0.25, 0.3) is 0 Å². The zero-order chi connectivity index (χ0) is 14.8. The molecular weight excluding hydrogens is 329 g/mol. The van der Waals surface area contributed by atoms with E-state index in [0.29, 0.717) is 10.0 Å². The molecule has 1 fully saturated rings. The first-order valence-corrected chi connectivity index (χ1v) is 7.82. The SMILES string of the molecule is Clc1ccc([C@@H]2CNCCN2c2ncc(Cl)cc2Cl)cc1. The number of nitrogens with one attached hydrogen (secondary N) is 1. The summed E-state index contributed by atoms with van der Waals surface area (Å²) >= 11 is 18.2. The lowest BCUT2D eigenvalue weighted by molar-refractivity contribution is 0.486. The largest absolute Gasteiger partial charge is 0.346 e. The van der Waals surface area contributed by atoms with Crippen molar-refractivity contribution < 1.29 is 0 Å². The van der Waals surface area contributed by atoms with Crippen molar-refractivity contribution in [1.29, 1.82) is 0 Å². The molecular formula is C15H14Cl3N3. The molecule has 6 heteroatoms. The summed E-state index contributed by atoms with van der Waals surface area (Å²) in [5.41, 5.74) is 1.18. The molecule has 1 aromatic carbocycles. The minimum absolute atomic E-state index is 0.169. The van der Waals surface area contributed by atoms with Crippen molar-refractivity contribution in [3.63, 3.8) is 0 Å². The van der Waals surface area contributed by atoms with Crippen LogP contribution in [0.2, 0.25) is 15.1 Å². The Hall–Kier alpha value is -1.00. The first-order valence-electron chi connectivity index (χ1n) is 6.69. The Morgan fingerprint density at radius 1 is 1.10 bits per heavy atom. The van der Waals surface area contributed by atoms with Gasteiger partial charge in [-0.15, -0.1) is 0 Å². The predicted molar refractivity (Wildman–Crippen MR) is 88.7 cm³/mol. The molecule has 0 amide bonds. The average molecular weight is 343 g/mol. The van der Waals surface area contributed by atoms with Gasteiger partial charge in [-0.3, -0.25) is 0 Å². The van der Waals surface area contributed by atoms with E-state index in [1.165, 1.54) is 5.56 Å². The van der Waals surface area contributed by atoms with Gasteiger partial charge in [0.2, 0.25) is 0 Å². The zero-order valence-corrected chi connectivity index (χ0v) is 13.5. The third-order valence-electron chi connectivity index (χ3n) is 3.56. The van der Waals surface area contributed by atoms with Gasteiger partial charge in [0.05, 0.1) is 16.1 Å². The molecule has 1 aliphatic heterocycles. The normalized spacial score (nSPS) is 18.8. The molecule has 1 aromatic heterocycles. The molecule has 2 heterocycles. The second kappa shape index (κ2) is 6.41. The predicted octanol–water partition coefficient (Wildman–Crippen LogP) is 4.19. The third kappa shape index (κ3) is 3.27.